The second kappa shape index (κ2) is 5.78. The molecule has 2 aliphatic rings. The molecule has 1 unspecified atom stereocenters. The van der Waals surface area contributed by atoms with Crippen molar-refractivity contribution in [3.05, 3.63) is 34.9 Å². The van der Waals surface area contributed by atoms with Crippen molar-refractivity contribution in [3.8, 4) is 0 Å². The third kappa shape index (κ3) is 2.83. The Bertz CT molecular complexity index is 536. The highest BCUT2D eigenvalue weighted by Gasteiger charge is 2.38. The molecule has 2 fully saturated rings. The van der Waals surface area contributed by atoms with Crippen molar-refractivity contribution in [2.45, 2.75) is 57.8 Å². The summed E-state index contributed by atoms with van der Waals surface area (Å²) in [7, 11) is 0. The summed E-state index contributed by atoms with van der Waals surface area (Å²) in [4.78, 5) is 14.3. The molecule has 21 heavy (non-hydrogen) atoms. The van der Waals surface area contributed by atoms with Crippen LogP contribution < -0.4 is 5.32 Å². The Labute approximate surface area is 126 Å². The van der Waals surface area contributed by atoms with Gasteiger partial charge >= 0.3 is 0 Å². The van der Waals surface area contributed by atoms with Gasteiger partial charge in [0.1, 0.15) is 6.17 Å². The number of carbonyl (C=O) groups is 1. The summed E-state index contributed by atoms with van der Waals surface area (Å²) in [6.45, 7) is 4.61. The maximum atomic E-state index is 12.3. The number of aryl methyl sites for hydroxylation is 2. The van der Waals surface area contributed by atoms with Crippen molar-refractivity contribution >= 4 is 5.91 Å². The quantitative estimate of drug-likeness (QED) is 0.875. The number of nitrogens with one attached hydrogen (secondary N) is 1. The molecule has 1 atom stereocenters. The zero-order valence-corrected chi connectivity index (χ0v) is 12.8. The minimum Gasteiger partial charge on any atom is -0.393 e. The van der Waals surface area contributed by atoms with E-state index >= 15 is 0 Å². The Hall–Kier alpha value is -1.39. The predicted molar refractivity (Wildman–Crippen MR) is 81.8 cm³/mol. The summed E-state index contributed by atoms with van der Waals surface area (Å²) in [5.74, 6) is 0.182. The van der Waals surface area contributed by atoms with Gasteiger partial charge < -0.3 is 10.0 Å². The second-order valence-electron chi connectivity index (χ2n) is 6.41. The summed E-state index contributed by atoms with van der Waals surface area (Å²) in [5, 5.41) is 13.0. The molecule has 0 bridgehead atoms. The first-order valence-electron chi connectivity index (χ1n) is 7.86. The molecule has 0 aromatic heterocycles. The van der Waals surface area contributed by atoms with Crippen molar-refractivity contribution in [1.82, 2.24) is 10.2 Å². The van der Waals surface area contributed by atoms with E-state index in [0.29, 0.717) is 6.54 Å². The largest absolute Gasteiger partial charge is 0.393 e. The van der Waals surface area contributed by atoms with Crippen LogP contribution in [0.3, 0.4) is 0 Å². The van der Waals surface area contributed by atoms with Gasteiger partial charge in [0.25, 0.3) is 0 Å². The first-order chi connectivity index (χ1) is 10.1. The SMILES string of the molecule is Cc1ccc(C2NCC(=O)N2C2CCC(O)CC2)c(C)c1. The highest BCUT2D eigenvalue weighted by atomic mass is 16.3. The number of aliphatic hydroxyl groups excluding tert-OH is 1. The number of hydrogen-bond acceptors (Lipinski definition) is 3. The van der Waals surface area contributed by atoms with Crippen molar-refractivity contribution in [3.63, 3.8) is 0 Å². The topological polar surface area (TPSA) is 52.6 Å². The van der Waals surface area contributed by atoms with Gasteiger partial charge in [-0.1, -0.05) is 23.8 Å². The van der Waals surface area contributed by atoms with E-state index in [9.17, 15) is 9.90 Å². The molecule has 1 heterocycles. The van der Waals surface area contributed by atoms with Gasteiger partial charge in [-0.25, -0.2) is 0 Å². The standard InChI is InChI=1S/C17H24N2O2/c1-11-3-8-15(12(2)9-11)17-18-10-16(21)19(17)13-4-6-14(20)7-5-13/h3,8-9,13-14,17-18,20H,4-7,10H2,1-2H3. The van der Waals surface area contributed by atoms with E-state index in [1.165, 1.54) is 16.7 Å². The Kier molecular flexibility index (Phi) is 4.00. The van der Waals surface area contributed by atoms with E-state index in [2.05, 4.69) is 37.4 Å². The summed E-state index contributed by atoms with van der Waals surface area (Å²) in [6.07, 6.45) is 3.19. The van der Waals surface area contributed by atoms with Crippen LogP contribution in [-0.4, -0.2) is 34.6 Å². The van der Waals surface area contributed by atoms with Gasteiger partial charge in [-0.3, -0.25) is 10.1 Å². The summed E-state index contributed by atoms with van der Waals surface area (Å²) in [6, 6.07) is 6.66. The monoisotopic (exact) mass is 288 g/mol. The van der Waals surface area contributed by atoms with Crippen LogP contribution in [0, 0.1) is 13.8 Å². The molecule has 1 aliphatic carbocycles. The molecule has 1 aromatic carbocycles. The smallest absolute Gasteiger partial charge is 0.238 e. The molecule has 1 aromatic rings. The number of rotatable bonds is 2. The van der Waals surface area contributed by atoms with Gasteiger partial charge in [-0.2, -0.15) is 0 Å². The second-order valence-corrected chi connectivity index (χ2v) is 6.41. The molecule has 114 valence electrons. The highest BCUT2D eigenvalue weighted by molar-refractivity contribution is 5.81. The number of hydrogen-bond donors (Lipinski definition) is 2. The fraction of sp³-hybridized carbons (Fsp3) is 0.588. The van der Waals surface area contributed by atoms with Crippen molar-refractivity contribution in [2.24, 2.45) is 0 Å². The molecule has 0 radical (unpaired) electrons. The van der Waals surface area contributed by atoms with Crippen molar-refractivity contribution in [2.75, 3.05) is 6.54 Å². The molecule has 4 heteroatoms. The van der Waals surface area contributed by atoms with E-state index in [-0.39, 0.29) is 24.2 Å². The lowest BCUT2D eigenvalue weighted by Crippen LogP contribution is -2.42. The summed E-state index contributed by atoms with van der Waals surface area (Å²) >= 11 is 0. The maximum Gasteiger partial charge on any atom is 0.238 e. The number of carbonyl (C=O) groups excluding carboxylic acids is 1. The Morgan fingerprint density at radius 2 is 1.90 bits per heavy atom. The molecular weight excluding hydrogens is 264 g/mol. The molecule has 1 aliphatic heterocycles. The van der Waals surface area contributed by atoms with Crippen LogP contribution in [0.2, 0.25) is 0 Å². The van der Waals surface area contributed by atoms with Gasteiger partial charge in [0, 0.05) is 6.04 Å². The summed E-state index contributed by atoms with van der Waals surface area (Å²) < 4.78 is 0. The molecule has 1 saturated heterocycles. The number of aliphatic hydroxyl groups is 1. The third-order valence-electron chi connectivity index (χ3n) is 4.79. The lowest BCUT2D eigenvalue weighted by Gasteiger charge is -2.37. The normalized spacial score (nSPS) is 30.0. The van der Waals surface area contributed by atoms with E-state index in [1.54, 1.807) is 0 Å². The molecule has 3 rings (SSSR count). The molecule has 4 nitrogen and oxygen atoms in total. The van der Waals surface area contributed by atoms with E-state index < -0.39 is 0 Å². The number of amides is 1. The third-order valence-corrected chi connectivity index (χ3v) is 4.79. The predicted octanol–water partition coefficient (Wildman–Crippen LogP) is 2.04. The lowest BCUT2D eigenvalue weighted by molar-refractivity contribution is -0.131. The van der Waals surface area contributed by atoms with Gasteiger partial charge in [-0.05, 0) is 50.7 Å². The minimum absolute atomic E-state index is 0.0154. The average Bonchev–Trinajstić information content (AvgIpc) is 2.82. The Morgan fingerprint density at radius 3 is 2.57 bits per heavy atom. The van der Waals surface area contributed by atoms with E-state index in [1.807, 2.05) is 4.90 Å². The van der Waals surface area contributed by atoms with Crippen molar-refractivity contribution < 1.29 is 9.90 Å². The molecule has 0 spiro atoms. The van der Waals surface area contributed by atoms with Gasteiger partial charge in [0.15, 0.2) is 0 Å². The fourth-order valence-corrected chi connectivity index (χ4v) is 3.66. The van der Waals surface area contributed by atoms with Crippen LogP contribution in [0.4, 0.5) is 0 Å². The molecule has 1 saturated carbocycles. The first-order valence-corrected chi connectivity index (χ1v) is 7.86. The molecule has 1 amide bonds. The van der Waals surface area contributed by atoms with Crippen LogP contribution in [-0.2, 0) is 4.79 Å². The van der Waals surface area contributed by atoms with Gasteiger partial charge in [0.2, 0.25) is 5.91 Å². The fourth-order valence-electron chi connectivity index (χ4n) is 3.66. The lowest BCUT2D eigenvalue weighted by atomic mass is 9.91. The maximum absolute atomic E-state index is 12.3. The van der Waals surface area contributed by atoms with Gasteiger partial charge in [0.05, 0.1) is 12.6 Å². The van der Waals surface area contributed by atoms with E-state index in [0.717, 1.165) is 25.7 Å². The summed E-state index contributed by atoms with van der Waals surface area (Å²) in [5.41, 5.74) is 3.66. The van der Waals surface area contributed by atoms with Crippen molar-refractivity contribution in [1.29, 1.82) is 0 Å². The van der Waals surface area contributed by atoms with Crippen LogP contribution in [0.1, 0.15) is 48.5 Å². The number of benzene rings is 1. The van der Waals surface area contributed by atoms with Crippen LogP contribution in [0.25, 0.3) is 0 Å². The minimum atomic E-state index is -0.188. The van der Waals surface area contributed by atoms with Gasteiger partial charge in [-0.15, -0.1) is 0 Å². The molecular formula is C17H24N2O2. The average molecular weight is 288 g/mol. The first kappa shape index (κ1) is 14.5. The highest BCUT2D eigenvalue weighted by Crippen LogP contribution is 2.33. The zero-order chi connectivity index (χ0) is 15.0. The number of nitrogens with zero attached hydrogens (tertiary/aromatic N) is 1. The van der Waals surface area contributed by atoms with Crippen LogP contribution >= 0.6 is 0 Å². The van der Waals surface area contributed by atoms with Crippen LogP contribution in [0.15, 0.2) is 18.2 Å². The van der Waals surface area contributed by atoms with E-state index in [4.69, 9.17) is 0 Å². The Balaban J connectivity index is 1.85. The Morgan fingerprint density at radius 1 is 1.19 bits per heavy atom. The molecule has 2 N–H and O–H groups in total. The van der Waals surface area contributed by atoms with Crippen LogP contribution in [0.5, 0.6) is 0 Å². The zero-order valence-electron chi connectivity index (χ0n) is 12.8.